The molecule has 1 saturated heterocycles. The molecule has 0 radical (unpaired) electrons. The van der Waals surface area contributed by atoms with Crippen LogP contribution in [0, 0.1) is 5.92 Å². The lowest BCUT2D eigenvalue weighted by molar-refractivity contribution is -0.121. The molecule has 2 atom stereocenters. The SMILES string of the molecule is CNC(=O)CN1CC(C)C(NC(=O)c2cc(C3CC3)on2)C1. The van der Waals surface area contributed by atoms with Gasteiger partial charge >= 0.3 is 0 Å². The number of likely N-dealkylation sites (tertiary alicyclic amines) is 1. The van der Waals surface area contributed by atoms with E-state index in [1.54, 1.807) is 13.1 Å². The number of nitrogens with one attached hydrogen (secondary N) is 2. The molecule has 1 aromatic rings. The van der Waals surface area contributed by atoms with Crippen LogP contribution in [0.15, 0.2) is 10.6 Å². The molecular formula is C15H22N4O3. The second kappa shape index (κ2) is 6.08. The molecule has 22 heavy (non-hydrogen) atoms. The van der Waals surface area contributed by atoms with Crippen LogP contribution in [0.1, 0.15) is 41.9 Å². The van der Waals surface area contributed by atoms with E-state index < -0.39 is 0 Å². The van der Waals surface area contributed by atoms with Gasteiger partial charge in [0.1, 0.15) is 5.76 Å². The quantitative estimate of drug-likeness (QED) is 0.819. The van der Waals surface area contributed by atoms with E-state index >= 15 is 0 Å². The molecule has 1 aliphatic heterocycles. The Kier molecular flexibility index (Phi) is 4.15. The first-order valence-corrected chi connectivity index (χ1v) is 7.77. The topological polar surface area (TPSA) is 87.5 Å². The number of likely N-dealkylation sites (N-methyl/N-ethyl adjacent to an activating group) is 1. The maximum absolute atomic E-state index is 12.3. The molecular weight excluding hydrogens is 284 g/mol. The predicted molar refractivity (Wildman–Crippen MR) is 79.4 cm³/mol. The first kappa shape index (κ1) is 15.0. The molecule has 3 rings (SSSR count). The number of rotatable bonds is 5. The molecule has 0 bridgehead atoms. The Bertz CT molecular complexity index is 567. The van der Waals surface area contributed by atoms with Crippen molar-refractivity contribution < 1.29 is 14.1 Å². The smallest absolute Gasteiger partial charge is 0.273 e. The third kappa shape index (κ3) is 3.30. The summed E-state index contributed by atoms with van der Waals surface area (Å²) in [7, 11) is 1.63. The van der Waals surface area contributed by atoms with Gasteiger partial charge in [-0.15, -0.1) is 0 Å². The predicted octanol–water partition coefficient (Wildman–Crippen LogP) is 0.348. The fourth-order valence-electron chi connectivity index (χ4n) is 2.87. The first-order valence-electron chi connectivity index (χ1n) is 7.77. The van der Waals surface area contributed by atoms with Crippen molar-refractivity contribution in [2.75, 3.05) is 26.7 Å². The van der Waals surface area contributed by atoms with Gasteiger partial charge < -0.3 is 15.2 Å². The normalized spacial score (nSPS) is 25.2. The first-order chi connectivity index (χ1) is 10.6. The van der Waals surface area contributed by atoms with E-state index in [1.165, 1.54) is 0 Å². The van der Waals surface area contributed by atoms with Gasteiger partial charge in [0, 0.05) is 38.2 Å². The molecule has 2 amide bonds. The van der Waals surface area contributed by atoms with E-state index in [4.69, 9.17) is 4.52 Å². The highest BCUT2D eigenvalue weighted by atomic mass is 16.5. The fraction of sp³-hybridized carbons (Fsp3) is 0.667. The second-order valence-electron chi connectivity index (χ2n) is 6.31. The lowest BCUT2D eigenvalue weighted by Gasteiger charge is -2.16. The molecule has 0 aromatic carbocycles. The highest BCUT2D eigenvalue weighted by Gasteiger charge is 2.33. The third-order valence-electron chi connectivity index (χ3n) is 4.39. The standard InChI is InChI=1S/C15H22N4O3/c1-9-6-19(8-14(20)16-2)7-12(9)17-15(21)11-5-13(22-18-11)10-3-4-10/h5,9-10,12H,3-4,6-8H2,1-2H3,(H,16,20)(H,17,21). The monoisotopic (exact) mass is 306 g/mol. The van der Waals surface area contributed by atoms with E-state index in [2.05, 4.69) is 22.7 Å². The summed E-state index contributed by atoms with van der Waals surface area (Å²) in [5.41, 5.74) is 0.346. The minimum absolute atomic E-state index is 0.00949. The molecule has 2 unspecified atom stereocenters. The van der Waals surface area contributed by atoms with Crippen LogP contribution in [0.25, 0.3) is 0 Å². The minimum Gasteiger partial charge on any atom is -0.360 e. The molecule has 0 spiro atoms. The average Bonchev–Trinajstić information content (AvgIpc) is 3.12. The number of carbonyl (C=O) groups is 2. The van der Waals surface area contributed by atoms with Crippen LogP contribution in [-0.4, -0.2) is 54.6 Å². The largest absolute Gasteiger partial charge is 0.360 e. The molecule has 7 heteroatoms. The van der Waals surface area contributed by atoms with Crippen molar-refractivity contribution in [3.8, 4) is 0 Å². The van der Waals surface area contributed by atoms with Crippen molar-refractivity contribution in [3.63, 3.8) is 0 Å². The van der Waals surface area contributed by atoms with E-state index in [0.29, 0.717) is 30.6 Å². The number of aromatic nitrogens is 1. The van der Waals surface area contributed by atoms with Crippen molar-refractivity contribution in [2.24, 2.45) is 5.92 Å². The summed E-state index contributed by atoms with van der Waals surface area (Å²) in [4.78, 5) is 25.7. The molecule has 120 valence electrons. The molecule has 1 aliphatic carbocycles. The molecule has 1 saturated carbocycles. The van der Waals surface area contributed by atoms with Crippen LogP contribution < -0.4 is 10.6 Å². The Balaban J connectivity index is 1.55. The maximum Gasteiger partial charge on any atom is 0.273 e. The Hall–Kier alpha value is -1.89. The second-order valence-corrected chi connectivity index (χ2v) is 6.31. The molecule has 2 fully saturated rings. The van der Waals surface area contributed by atoms with Crippen LogP contribution in [0.3, 0.4) is 0 Å². The van der Waals surface area contributed by atoms with Gasteiger partial charge in [-0.05, 0) is 18.8 Å². The number of hydrogen-bond donors (Lipinski definition) is 2. The summed E-state index contributed by atoms with van der Waals surface area (Å²) in [6, 6.07) is 1.77. The van der Waals surface area contributed by atoms with Crippen LogP contribution in [0.4, 0.5) is 0 Å². The van der Waals surface area contributed by atoms with Gasteiger partial charge in [0.05, 0.1) is 6.54 Å². The third-order valence-corrected chi connectivity index (χ3v) is 4.39. The van der Waals surface area contributed by atoms with Crippen LogP contribution in [0.5, 0.6) is 0 Å². The average molecular weight is 306 g/mol. The molecule has 2 N–H and O–H groups in total. The summed E-state index contributed by atoms with van der Waals surface area (Å²) in [5, 5.41) is 9.48. The summed E-state index contributed by atoms with van der Waals surface area (Å²) in [6.45, 7) is 3.91. The van der Waals surface area contributed by atoms with Gasteiger partial charge in [0.2, 0.25) is 5.91 Å². The van der Waals surface area contributed by atoms with Gasteiger partial charge in [-0.25, -0.2) is 0 Å². The zero-order valence-electron chi connectivity index (χ0n) is 13.0. The van der Waals surface area contributed by atoms with Gasteiger partial charge in [0.15, 0.2) is 5.69 Å². The number of carbonyl (C=O) groups excluding carboxylic acids is 2. The van der Waals surface area contributed by atoms with Gasteiger partial charge in [-0.1, -0.05) is 12.1 Å². The van der Waals surface area contributed by atoms with E-state index in [9.17, 15) is 9.59 Å². The summed E-state index contributed by atoms with van der Waals surface area (Å²) in [5.74, 6) is 1.34. The zero-order valence-corrected chi connectivity index (χ0v) is 13.0. The molecule has 1 aromatic heterocycles. The van der Waals surface area contributed by atoms with Crippen molar-refractivity contribution in [1.29, 1.82) is 0 Å². The zero-order chi connectivity index (χ0) is 15.7. The molecule has 2 aliphatic rings. The van der Waals surface area contributed by atoms with Gasteiger partial charge in [-0.2, -0.15) is 0 Å². The summed E-state index contributed by atoms with van der Waals surface area (Å²) < 4.78 is 5.22. The Morgan fingerprint density at radius 1 is 1.41 bits per heavy atom. The number of hydrogen-bond acceptors (Lipinski definition) is 5. The Labute approximate surface area is 129 Å². The van der Waals surface area contributed by atoms with Crippen molar-refractivity contribution in [2.45, 2.75) is 31.7 Å². The van der Waals surface area contributed by atoms with Crippen LogP contribution in [-0.2, 0) is 4.79 Å². The van der Waals surface area contributed by atoms with E-state index in [-0.39, 0.29) is 17.9 Å². The highest BCUT2D eigenvalue weighted by Crippen LogP contribution is 2.40. The Morgan fingerprint density at radius 3 is 2.86 bits per heavy atom. The van der Waals surface area contributed by atoms with Crippen molar-refractivity contribution in [3.05, 3.63) is 17.5 Å². The maximum atomic E-state index is 12.3. The summed E-state index contributed by atoms with van der Waals surface area (Å²) >= 11 is 0. The van der Waals surface area contributed by atoms with Crippen molar-refractivity contribution >= 4 is 11.8 Å². The number of nitrogens with zero attached hydrogens (tertiary/aromatic N) is 2. The fourth-order valence-corrected chi connectivity index (χ4v) is 2.87. The number of amides is 2. The Morgan fingerprint density at radius 2 is 2.18 bits per heavy atom. The molecule has 7 nitrogen and oxygen atoms in total. The van der Waals surface area contributed by atoms with Gasteiger partial charge in [0.25, 0.3) is 5.91 Å². The minimum atomic E-state index is -0.200. The van der Waals surface area contributed by atoms with Crippen molar-refractivity contribution in [1.82, 2.24) is 20.7 Å². The van der Waals surface area contributed by atoms with E-state index in [0.717, 1.165) is 25.1 Å². The highest BCUT2D eigenvalue weighted by molar-refractivity contribution is 5.92. The summed E-state index contributed by atoms with van der Waals surface area (Å²) in [6.07, 6.45) is 2.23. The van der Waals surface area contributed by atoms with Gasteiger partial charge in [-0.3, -0.25) is 14.5 Å². The lowest BCUT2D eigenvalue weighted by Crippen LogP contribution is -2.41. The van der Waals surface area contributed by atoms with E-state index in [1.807, 2.05) is 4.90 Å². The molecule has 2 heterocycles. The van der Waals surface area contributed by atoms with Crippen LogP contribution in [0.2, 0.25) is 0 Å². The lowest BCUT2D eigenvalue weighted by atomic mass is 10.1. The van der Waals surface area contributed by atoms with Crippen LogP contribution >= 0.6 is 0 Å².